The van der Waals surface area contributed by atoms with Gasteiger partial charge in [-0.1, -0.05) is 69.3 Å². The van der Waals surface area contributed by atoms with Gasteiger partial charge in [0.15, 0.2) is 14.1 Å². The third-order valence-corrected chi connectivity index (χ3v) is 11.1. The molecule has 8 heteroatoms. The summed E-state index contributed by atoms with van der Waals surface area (Å²) in [4.78, 5) is 25.5. The van der Waals surface area contributed by atoms with Crippen LogP contribution < -0.4 is 5.32 Å². The summed E-state index contributed by atoms with van der Waals surface area (Å²) in [6.45, 7) is 10.5. The lowest BCUT2D eigenvalue weighted by atomic mass is 9.98. The molecule has 0 aromatic heterocycles. The molecule has 0 radical (unpaired) electrons. The van der Waals surface area contributed by atoms with Crippen molar-refractivity contribution in [3.05, 3.63) is 83.7 Å². The van der Waals surface area contributed by atoms with Crippen molar-refractivity contribution in [2.45, 2.75) is 70.3 Å². The highest BCUT2D eigenvalue weighted by Gasteiger charge is 2.43. The molecule has 1 unspecified atom stereocenters. The average molecular weight is 498 g/mol. The number of rotatable bonds is 9. The van der Waals surface area contributed by atoms with Gasteiger partial charge in [0.25, 0.3) is 0 Å². The Labute approximate surface area is 208 Å². The minimum absolute atomic E-state index is 0.0615. The molecular weight excluding hydrogens is 462 g/mol. The summed E-state index contributed by atoms with van der Waals surface area (Å²) in [5.41, 5.74) is 1.85. The quantitative estimate of drug-likeness (QED) is 0.417. The lowest BCUT2D eigenvalue weighted by Gasteiger charge is -2.41. The molecule has 3 rings (SSSR count). The molecule has 2 aliphatic rings. The van der Waals surface area contributed by atoms with Crippen LogP contribution in [0, 0.1) is 0 Å². The van der Waals surface area contributed by atoms with Gasteiger partial charge in [-0.3, -0.25) is 4.79 Å². The zero-order valence-corrected chi connectivity index (χ0v) is 22.0. The van der Waals surface area contributed by atoms with E-state index in [1.165, 1.54) is 12.5 Å². The standard InChI is InChI=1S/C27H35NO6Si/c1-27(2,3)35(4,5)34-21(16-19-12-8-6-9-13-19)24(28-26(30)31)25(29)23-18-32-17-22(33-23)20-14-10-7-11-15-20/h6-10,12-14,17-18,21,24,28H,11,15-16H2,1-5H3,(H,30,31)/t21-,24?/m1/s1. The number of carboxylic acid groups (broad SMARTS) is 1. The van der Waals surface area contributed by atoms with Crippen LogP contribution in [-0.4, -0.2) is 37.4 Å². The predicted molar refractivity (Wildman–Crippen MR) is 137 cm³/mol. The van der Waals surface area contributed by atoms with Gasteiger partial charge in [-0.2, -0.15) is 0 Å². The second-order valence-electron chi connectivity index (χ2n) is 10.3. The molecule has 0 bridgehead atoms. The Morgan fingerprint density at radius 3 is 2.49 bits per heavy atom. The Balaban J connectivity index is 1.92. The van der Waals surface area contributed by atoms with E-state index >= 15 is 0 Å². The fourth-order valence-electron chi connectivity index (χ4n) is 3.62. The van der Waals surface area contributed by atoms with Crippen molar-refractivity contribution in [2.24, 2.45) is 0 Å². The molecule has 0 spiro atoms. The van der Waals surface area contributed by atoms with Gasteiger partial charge < -0.3 is 24.3 Å². The van der Waals surface area contributed by atoms with Crippen molar-refractivity contribution in [1.82, 2.24) is 5.32 Å². The maximum atomic E-state index is 13.7. The molecule has 0 fully saturated rings. The minimum Gasteiger partial charge on any atom is -0.465 e. The summed E-state index contributed by atoms with van der Waals surface area (Å²) in [7, 11) is -2.38. The molecule has 1 heterocycles. The lowest BCUT2D eigenvalue weighted by molar-refractivity contribution is -0.122. The summed E-state index contributed by atoms with van der Waals surface area (Å²) < 4.78 is 18.0. The Morgan fingerprint density at radius 1 is 1.17 bits per heavy atom. The number of hydrogen-bond donors (Lipinski definition) is 2. The lowest BCUT2D eigenvalue weighted by Crippen LogP contribution is -2.55. The van der Waals surface area contributed by atoms with Crippen molar-refractivity contribution in [3.8, 4) is 0 Å². The van der Waals surface area contributed by atoms with E-state index in [4.69, 9.17) is 13.9 Å². The van der Waals surface area contributed by atoms with Gasteiger partial charge in [0.2, 0.25) is 11.5 Å². The molecule has 188 valence electrons. The normalized spacial score (nSPS) is 17.7. The summed E-state index contributed by atoms with van der Waals surface area (Å²) in [5.74, 6) is -0.155. The number of amides is 1. The second kappa shape index (κ2) is 11.1. The molecule has 1 aromatic carbocycles. The van der Waals surface area contributed by atoms with Crippen LogP contribution in [0.1, 0.15) is 39.2 Å². The van der Waals surface area contributed by atoms with Crippen LogP contribution in [-0.2, 0) is 25.1 Å². The van der Waals surface area contributed by atoms with E-state index in [1.807, 2.05) is 42.5 Å². The Hall–Kier alpha value is -3.10. The topological polar surface area (TPSA) is 94.1 Å². The number of nitrogens with one attached hydrogen (secondary N) is 1. The molecule has 2 atom stereocenters. The van der Waals surface area contributed by atoms with Crippen LogP contribution in [0.15, 0.2) is 78.2 Å². The molecule has 1 aromatic rings. The fraction of sp³-hybridized carbons (Fsp3) is 0.407. The van der Waals surface area contributed by atoms with Crippen LogP contribution in [0.5, 0.6) is 0 Å². The molecule has 0 saturated heterocycles. The largest absolute Gasteiger partial charge is 0.465 e. The first kappa shape index (κ1) is 26.5. The number of Topliss-reactive ketones (excluding diaryl/α,β-unsaturated/α-hetero) is 1. The minimum atomic E-state index is -2.38. The Kier molecular flexibility index (Phi) is 8.40. The monoisotopic (exact) mass is 497 g/mol. The first-order valence-corrected chi connectivity index (χ1v) is 14.7. The van der Waals surface area contributed by atoms with E-state index in [2.05, 4.69) is 45.3 Å². The van der Waals surface area contributed by atoms with Crippen molar-refractivity contribution in [3.63, 3.8) is 0 Å². The molecule has 1 amide bonds. The molecule has 0 saturated carbocycles. The van der Waals surface area contributed by atoms with Gasteiger partial charge in [-0.05, 0) is 48.5 Å². The number of allylic oxidation sites excluding steroid dienone is 4. The smallest absolute Gasteiger partial charge is 0.405 e. The van der Waals surface area contributed by atoms with Gasteiger partial charge in [-0.15, -0.1) is 0 Å². The number of hydrogen-bond acceptors (Lipinski definition) is 5. The van der Waals surface area contributed by atoms with Crippen LogP contribution in [0.2, 0.25) is 18.1 Å². The first-order chi connectivity index (χ1) is 16.5. The SMILES string of the molecule is CC(C)(C)[Si](C)(C)O[C@H](Cc1ccccc1)C(NC(=O)O)C(=O)C1=COC=C(C2=CC=CCC2)O1. The van der Waals surface area contributed by atoms with Crippen molar-refractivity contribution >= 4 is 20.2 Å². The van der Waals surface area contributed by atoms with E-state index in [9.17, 15) is 14.7 Å². The first-order valence-electron chi connectivity index (χ1n) is 11.8. The van der Waals surface area contributed by atoms with Gasteiger partial charge in [0, 0.05) is 0 Å². The summed E-state index contributed by atoms with van der Waals surface area (Å²) in [5, 5.41) is 11.9. The van der Waals surface area contributed by atoms with Crippen LogP contribution >= 0.6 is 0 Å². The maximum absolute atomic E-state index is 13.7. The molecule has 1 aliphatic carbocycles. The maximum Gasteiger partial charge on any atom is 0.405 e. The van der Waals surface area contributed by atoms with Crippen LogP contribution in [0.25, 0.3) is 0 Å². The van der Waals surface area contributed by atoms with Crippen molar-refractivity contribution in [1.29, 1.82) is 0 Å². The molecule has 1 aliphatic heterocycles. The van der Waals surface area contributed by atoms with E-state index in [0.29, 0.717) is 12.2 Å². The third kappa shape index (κ3) is 6.96. The zero-order chi connectivity index (χ0) is 25.6. The van der Waals surface area contributed by atoms with Crippen LogP contribution in [0.3, 0.4) is 0 Å². The Morgan fingerprint density at radius 2 is 1.89 bits per heavy atom. The number of ether oxygens (including phenoxy) is 2. The van der Waals surface area contributed by atoms with Crippen molar-refractivity contribution in [2.75, 3.05) is 0 Å². The van der Waals surface area contributed by atoms with Crippen LogP contribution in [0.4, 0.5) is 4.79 Å². The predicted octanol–water partition coefficient (Wildman–Crippen LogP) is 5.83. The number of carbonyl (C=O) groups excluding carboxylic acids is 1. The summed E-state index contributed by atoms with van der Waals surface area (Å²) in [6, 6.07) is 8.42. The van der Waals surface area contributed by atoms with Gasteiger partial charge in [0.1, 0.15) is 18.6 Å². The number of benzene rings is 1. The van der Waals surface area contributed by atoms with E-state index in [0.717, 1.165) is 24.0 Å². The average Bonchev–Trinajstić information content (AvgIpc) is 2.82. The fourth-order valence-corrected chi connectivity index (χ4v) is 4.95. The summed E-state index contributed by atoms with van der Waals surface area (Å²) >= 11 is 0. The highest BCUT2D eigenvalue weighted by atomic mass is 28.4. The Bertz CT molecular complexity index is 1050. The van der Waals surface area contributed by atoms with Gasteiger partial charge in [-0.25, -0.2) is 4.79 Å². The zero-order valence-electron chi connectivity index (χ0n) is 21.0. The molecule has 2 N–H and O–H groups in total. The highest BCUT2D eigenvalue weighted by Crippen LogP contribution is 2.38. The second-order valence-corrected chi connectivity index (χ2v) is 15.0. The number of ketones is 1. The van der Waals surface area contributed by atoms with Gasteiger partial charge in [0.05, 0.1) is 6.10 Å². The van der Waals surface area contributed by atoms with Gasteiger partial charge >= 0.3 is 6.09 Å². The molecule has 35 heavy (non-hydrogen) atoms. The molecular formula is C27H35NO6Si. The molecule has 7 nitrogen and oxygen atoms in total. The third-order valence-electron chi connectivity index (χ3n) is 6.61. The highest BCUT2D eigenvalue weighted by molar-refractivity contribution is 6.74. The number of carbonyl (C=O) groups is 2. The summed E-state index contributed by atoms with van der Waals surface area (Å²) in [6.07, 6.45) is 8.50. The van der Waals surface area contributed by atoms with E-state index in [1.54, 1.807) is 0 Å². The van der Waals surface area contributed by atoms with E-state index < -0.39 is 32.3 Å². The van der Waals surface area contributed by atoms with E-state index in [-0.39, 0.29) is 10.8 Å². The van der Waals surface area contributed by atoms with Crippen molar-refractivity contribution < 1.29 is 28.6 Å².